The molecule has 2 heterocycles. The van der Waals surface area contributed by atoms with Gasteiger partial charge in [-0.3, -0.25) is 0 Å². The third-order valence-corrected chi connectivity index (χ3v) is 3.94. The van der Waals surface area contributed by atoms with Crippen LogP contribution in [-0.2, 0) is 6.42 Å². The van der Waals surface area contributed by atoms with Crippen molar-refractivity contribution in [1.29, 1.82) is 0 Å². The maximum atomic E-state index is 9.61. The van der Waals surface area contributed by atoms with Crippen LogP contribution < -0.4 is 10.2 Å². The summed E-state index contributed by atoms with van der Waals surface area (Å²) >= 11 is 0. The highest BCUT2D eigenvalue weighted by Crippen LogP contribution is 2.29. The van der Waals surface area contributed by atoms with Crippen molar-refractivity contribution in [2.45, 2.75) is 52.5 Å². The largest absolute Gasteiger partial charge is 0.394 e. The van der Waals surface area contributed by atoms with Crippen LogP contribution in [0.4, 0.5) is 11.6 Å². The van der Waals surface area contributed by atoms with E-state index in [0.717, 1.165) is 55.4 Å². The number of piperidine rings is 1. The quantitative estimate of drug-likeness (QED) is 0.864. The standard InChI is InChI=1S/C15H26N4O/c1-4-13-17-14(16-5-2)11(3)15(18-13)19-9-7-6-8-12(19)10-20/h12,20H,4-10H2,1-3H3,(H,16,17,18). The van der Waals surface area contributed by atoms with Crippen LogP contribution in [-0.4, -0.2) is 40.8 Å². The Labute approximate surface area is 121 Å². The Balaban J connectivity index is 2.40. The van der Waals surface area contributed by atoms with E-state index in [1.807, 2.05) is 0 Å². The fraction of sp³-hybridized carbons (Fsp3) is 0.733. The van der Waals surface area contributed by atoms with Gasteiger partial charge in [-0.1, -0.05) is 6.92 Å². The minimum absolute atomic E-state index is 0.191. The lowest BCUT2D eigenvalue weighted by molar-refractivity contribution is 0.239. The van der Waals surface area contributed by atoms with E-state index in [1.165, 1.54) is 6.42 Å². The maximum Gasteiger partial charge on any atom is 0.137 e. The number of aliphatic hydroxyl groups is 1. The van der Waals surface area contributed by atoms with Crippen molar-refractivity contribution in [2.75, 3.05) is 29.9 Å². The molecule has 1 aromatic heterocycles. The van der Waals surface area contributed by atoms with E-state index in [0.29, 0.717) is 0 Å². The monoisotopic (exact) mass is 278 g/mol. The molecule has 5 nitrogen and oxygen atoms in total. The van der Waals surface area contributed by atoms with E-state index in [2.05, 4.69) is 36.0 Å². The van der Waals surface area contributed by atoms with Gasteiger partial charge in [-0.2, -0.15) is 0 Å². The molecule has 5 heteroatoms. The summed E-state index contributed by atoms with van der Waals surface area (Å²) in [5, 5.41) is 12.9. The number of nitrogens with zero attached hydrogens (tertiary/aromatic N) is 3. The molecule has 0 bridgehead atoms. The van der Waals surface area contributed by atoms with E-state index in [9.17, 15) is 5.11 Å². The molecule has 0 amide bonds. The van der Waals surface area contributed by atoms with Crippen LogP contribution in [0.3, 0.4) is 0 Å². The third kappa shape index (κ3) is 3.03. The summed E-state index contributed by atoms with van der Waals surface area (Å²) in [6, 6.07) is 0.191. The predicted octanol–water partition coefficient (Wildman–Crippen LogP) is 2.13. The van der Waals surface area contributed by atoms with Crippen LogP contribution >= 0.6 is 0 Å². The highest BCUT2D eigenvalue weighted by molar-refractivity contribution is 5.59. The molecule has 0 aliphatic carbocycles. The smallest absolute Gasteiger partial charge is 0.137 e. The number of rotatable bonds is 5. The molecule has 1 aromatic rings. The summed E-state index contributed by atoms with van der Waals surface area (Å²) < 4.78 is 0. The van der Waals surface area contributed by atoms with Gasteiger partial charge in [-0.05, 0) is 33.1 Å². The summed E-state index contributed by atoms with van der Waals surface area (Å²) in [6.45, 7) is 8.23. The topological polar surface area (TPSA) is 61.3 Å². The lowest BCUT2D eigenvalue weighted by Crippen LogP contribution is -2.43. The van der Waals surface area contributed by atoms with Gasteiger partial charge in [-0.25, -0.2) is 9.97 Å². The summed E-state index contributed by atoms with van der Waals surface area (Å²) in [5.74, 6) is 2.78. The van der Waals surface area contributed by atoms with Gasteiger partial charge in [0.1, 0.15) is 17.5 Å². The first-order valence-corrected chi connectivity index (χ1v) is 7.70. The van der Waals surface area contributed by atoms with Crippen LogP contribution in [0.5, 0.6) is 0 Å². The molecule has 1 atom stereocenters. The average molecular weight is 278 g/mol. The van der Waals surface area contributed by atoms with Gasteiger partial charge in [0, 0.05) is 25.1 Å². The molecule has 1 aliphatic rings. The van der Waals surface area contributed by atoms with Crippen molar-refractivity contribution in [3.05, 3.63) is 11.4 Å². The molecule has 112 valence electrons. The zero-order valence-corrected chi connectivity index (χ0v) is 12.8. The number of nitrogens with one attached hydrogen (secondary N) is 1. The first-order valence-electron chi connectivity index (χ1n) is 7.70. The zero-order valence-electron chi connectivity index (χ0n) is 12.8. The fourth-order valence-corrected chi connectivity index (χ4v) is 2.80. The van der Waals surface area contributed by atoms with Crippen molar-refractivity contribution in [3.63, 3.8) is 0 Å². The average Bonchev–Trinajstić information content (AvgIpc) is 2.49. The highest BCUT2D eigenvalue weighted by atomic mass is 16.3. The second kappa shape index (κ2) is 6.88. The van der Waals surface area contributed by atoms with Crippen LogP contribution in [0.15, 0.2) is 0 Å². The molecule has 0 radical (unpaired) electrons. The Hall–Kier alpha value is -1.36. The van der Waals surface area contributed by atoms with Crippen molar-refractivity contribution in [3.8, 4) is 0 Å². The molecular formula is C15H26N4O. The number of anilines is 2. The zero-order chi connectivity index (χ0) is 14.5. The van der Waals surface area contributed by atoms with E-state index in [4.69, 9.17) is 4.98 Å². The molecule has 0 aromatic carbocycles. The van der Waals surface area contributed by atoms with Crippen LogP contribution in [0, 0.1) is 6.92 Å². The number of aryl methyl sites for hydroxylation is 1. The van der Waals surface area contributed by atoms with Crippen LogP contribution in [0.2, 0.25) is 0 Å². The van der Waals surface area contributed by atoms with E-state index >= 15 is 0 Å². The first-order chi connectivity index (χ1) is 9.71. The van der Waals surface area contributed by atoms with E-state index in [-0.39, 0.29) is 12.6 Å². The molecule has 1 unspecified atom stereocenters. The molecule has 0 saturated carbocycles. The Morgan fingerprint density at radius 3 is 2.75 bits per heavy atom. The van der Waals surface area contributed by atoms with Gasteiger partial charge in [0.2, 0.25) is 0 Å². The molecular weight excluding hydrogens is 252 g/mol. The molecule has 2 N–H and O–H groups in total. The molecule has 1 fully saturated rings. The van der Waals surface area contributed by atoms with Gasteiger partial charge in [0.15, 0.2) is 0 Å². The Kier molecular flexibility index (Phi) is 5.17. The van der Waals surface area contributed by atoms with Crippen molar-refractivity contribution >= 4 is 11.6 Å². The minimum Gasteiger partial charge on any atom is -0.394 e. The number of aliphatic hydroxyl groups excluding tert-OH is 1. The third-order valence-electron chi connectivity index (χ3n) is 3.94. The molecule has 0 spiro atoms. The lowest BCUT2D eigenvalue weighted by Gasteiger charge is -2.36. The predicted molar refractivity (Wildman–Crippen MR) is 82.4 cm³/mol. The summed E-state index contributed by atoms with van der Waals surface area (Å²) in [6.07, 6.45) is 4.21. The van der Waals surface area contributed by atoms with E-state index in [1.54, 1.807) is 0 Å². The second-order valence-corrected chi connectivity index (χ2v) is 5.35. The van der Waals surface area contributed by atoms with Gasteiger partial charge in [-0.15, -0.1) is 0 Å². The van der Waals surface area contributed by atoms with Crippen LogP contribution in [0.25, 0.3) is 0 Å². The summed E-state index contributed by atoms with van der Waals surface area (Å²) in [5.41, 5.74) is 1.09. The van der Waals surface area contributed by atoms with Gasteiger partial charge < -0.3 is 15.3 Å². The normalized spacial score (nSPS) is 19.2. The molecule has 2 rings (SSSR count). The number of hydrogen-bond acceptors (Lipinski definition) is 5. The molecule has 1 saturated heterocycles. The summed E-state index contributed by atoms with van der Waals surface area (Å²) in [7, 11) is 0. The number of hydrogen-bond donors (Lipinski definition) is 2. The highest BCUT2D eigenvalue weighted by Gasteiger charge is 2.25. The first kappa shape index (κ1) is 15.0. The Morgan fingerprint density at radius 2 is 2.10 bits per heavy atom. The number of aromatic nitrogens is 2. The Bertz CT molecular complexity index is 450. The fourth-order valence-electron chi connectivity index (χ4n) is 2.80. The van der Waals surface area contributed by atoms with Crippen LogP contribution in [0.1, 0.15) is 44.5 Å². The second-order valence-electron chi connectivity index (χ2n) is 5.35. The van der Waals surface area contributed by atoms with E-state index < -0.39 is 0 Å². The van der Waals surface area contributed by atoms with Crippen molar-refractivity contribution in [2.24, 2.45) is 0 Å². The molecule has 20 heavy (non-hydrogen) atoms. The van der Waals surface area contributed by atoms with Gasteiger partial charge in [0.05, 0.1) is 12.6 Å². The van der Waals surface area contributed by atoms with Gasteiger partial charge >= 0.3 is 0 Å². The Morgan fingerprint density at radius 1 is 1.30 bits per heavy atom. The minimum atomic E-state index is 0.191. The summed E-state index contributed by atoms with van der Waals surface area (Å²) in [4.78, 5) is 11.6. The maximum absolute atomic E-state index is 9.61. The van der Waals surface area contributed by atoms with Gasteiger partial charge in [0.25, 0.3) is 0 Å². The van der Waals surface area contributed by atoms with Crippen molar-refractivity contribution < 1.29 is 5.11 Å². The SMILES string of the molecule is CCNc1nc(CC)nc(N2CCCCC2CO)c1C. The lowest BCUT2D eigenvalue weighted by atomic mass is 10.0. The molecule has 1 aliphatic heterocycles. The van der Waals surface area contributed by atoms with Crippen molar-refractivity contribution in [1.82, 2.24) is 9.97 Å².